The van der Waals surface area contributed by atoms with E-state index >= 15 is 0 Å². The van der Waals surface area contributed by atoms with Crippen LogP contribution in [0.3, 0.4) is 0 Å². The van der Waals surface area contributed by atoms with Gasteiger partial charge < -0.3 is 18.7 Å². The summed E-state index contributed by atoms with van der Waals surface area (Å²) in [5, 5.41) is 0.0491. The van der Waals surface area contributed by atoms with Gasteiger partial charge in [-0.3, -0.25) is 0 Å². The van der Waals surface area contributed by atoms with Crippen LogP contribution in [0.5, 0.6) is 0 Å². The zero-order valence-corrected chi connectivity index (χ0v) is 15.9. The van der Waals surface area contributed by atoms with Crippen molar-refractivity contribution in [2.45, 2.75) is 58.0 Å². The summed E-state index contributed by atoms with van der Waals surface area (Å²) in [6, 6.07) is 0. The van der Waals surface area contributed by atoms with Crippen molar-refractivity contribution in [1.29, 1.82) is 0 Å². The lowest BCUT2D eigenvalue weighted by molar-refractivity contribution is -0.144. The summed E-state index contributed by atoms with van der Waals surface area (Å²) >= 11 is 0. The third-order valence-corrected chi connectivity index (χ3v) is 10.1. The van der Waals surface area contributed by atoms with Gasteiger partial charge in [0.15, 0.2) is 14.6 Å². The minimum atomic E-state index is -2.04. The molecular weight excluding hydrogens is 312 g/mol. The van der Waals surface area contributed by atoms with Gasteiger partial charge in [-0.15, -0.1) is 0 Å². The van der Waals surface area contributed by atoms with Crippen molar-refractivity contribution in [3.05, 3.63) is 11.8 Å². The molecule has 23 heavy (non-hydrogen) atoms. The first-order valence-corrected chi connectivity index (χ1v) is 11.1. The van der Waals surface area contributed by atoms with Crippen LogP contribution in [0, 0.1) is 17.8 Å². The molecule has 2 rings (SSSR count). The van der Waals surface area contributed by atoms with Crippen LogP contribution in [0.15, 0.2) is 11.8 Å². The Kier molecular flexibility index (Phi) is 5.06. The van der Waals surface area contributed by atoms with Gasteiger partial charge in [-0.1, -0.05) is 20.8 Å². The normalized spacial score (nSPS) is 31.0. The zero-order valence-electron chi connectivity index (χ0n) is 14.9. The van der Waals surface area contributed by atoms with E-state index in [0.29, 0.717) is 5.57 Å². The van der Waals surface area contributed by atoms with E-state index in [4.69, 9.17) is 13.9 Å². The lowest BCUT2D eigenvalue weighted by Crippen LogP contribution is -2.49. The van der Waals surface area contributed by atoms with E-state index in [9.17, 15) is 9.59 Å². The molecule has 1 heterocycles. The molecule has 0 amide bonds. The number of rotatable bonds is 4. The third kappa shape index (κ3) is 3.38. The van der Waals surface area contributed by atoms with E-state index in [-0.39, 0.29) is 28.8 Å². The van der Waals surface area contributed by atoms with Gasteiger partial charge >= 0.3 is 5.97 Å². The fourth-order valence-electron chi connectivity index (χ4n) is 3.18. The summed E-state index contributed by atoms with van der Waals surface area (Å²) < 4.78 is 17.0. The summed E-state index contributed by atoms with van der Waals surface area (Å²) in [6.07, 6.45) is 3.55. The predicted molar refractivity (Wildman–Crippen MR) is 89.0 cm³/mol. The number of hydrogen-bond donors (Lipinski definition) is 0. The van der Waals surface area contributed by atoms with E-state index < -0.39 is 14.6 Å². The summed E-state index contributed by atoms with van der Waals surface area (Å²) in [5.41, 5.74) is 0.525. The lowest BCUT2D eigenvalue weighted by Gasteiger charge is -2.43. The zero-order chi connectivity index (χ0) is 17.4. The SMILES string of the molecule is COC(=O)C1=CO[C@@H](O[Si](C)(C)C(C)(C)C)[C@H]2[C@@H]1CC[C@@H]2C=O. The molecule has 0 aromatic rings. The second-order valence-electron chi connectivity index (χ2n) is 8.01. The van der Waals surface area contributed by atoms with Crippen LogP contribution in [0.4, 0.5) is 0 Å². The maximum Gasteiger partial charge on any atom is 0.337 e. The maximum absolute atomic E-state index is 12.0. The molecule has 0 spiro atoms. The molecule has 1 fully saturated rings. The smallest absolute Gasteiger partial charge is 0.337 e. The molecule has 4 atom stereocenters. The minimum Gasteiger partial charge on any atom is -0.473 e. The molecule has 0 saturated heterocycles. The van der Waals surface area contributed by atoms with Crippen LogP contribution in [-0.2, 0) is 23.5 Å². The van der Waals surface area contributed by atoms with E-state index in [1.807, 2.05) is 0 Å². The lowest BCUT2D eigenvalue weighted by atomic mass is 9.83. The summed E-state index contributed by atoms with van der Waals surface area (Å²) in [4.78, 5) is 23.4. The van der Waals surface area contributed by atoms with Crippen molar-refractivity contribution < 1.29 is 23.5 Å². The molecule has 1 saturated carbocycles. The number of hydrogen-bond acceptors (Lipinski definition) is 5. The Morgan fingerprint density at radius 2 is 2.00 bits per heavy atom. The molecule has 0 N–H and O–H groups in total. The molecule has 1 aliphatic heterocycles. The van der Waals surface area contributed by atoms with Crippen molar-refractivity contribution in [3.63, 3.8) is 0 Å². The number of carbonyl (C=O) groups is 2. The highest BCUT2D eigenvalue weighted by molar-refractivity contribution is 6.74. The number of fused-ring (bicyclic) bond motifs is 1. The number of methoxy groups -OCH3 is 1. The van der Waals surface area contributed by atoms with E-state index in [1.165, 1.54) is 13.4 Å². The van der Waals surface area contributed by atoms with Crippen molar-refractivity contribution in [2.24, 2.45) is 17.8 Å². The molecule has 5 nitrogen and oxygen atoms in total. The highest BCUT2D eigenvalue weighted by Crippen LogP contribution is 2.48. The molecule has 0 bridgehead atoms. The van der Waals surface area contributed by atoms with Crippen LogP contribution < -0.4 is 0 Å². The Morgan fingerprint density at radius 1 is 1.35 bits per heavy atom. The fraction of sp³-hybridized carbons (Fsp3) is 0.765. The van der Waals surface area contributed by atoms with Gasteiger partial charge in [0.1, 0.15) is 6.29 Å². The Morgan fingerprint density at radius 3 is 2.52 bits per heavy atom. The second kappa shape index (κ2) is 6.40. The Labute approximate surface area is 139 Å². The minimum absolute atomic E-state index is 0.0267. The monoisotopic (exact) mass is 340 g/mol. The van der Waals surface area contributed by atoms with Crippen molar-refractivity contribution in [3.8, 4) is 0 Å². The van der Waals surface area contributed by atoms with Crippen LogP contribution in [0.1, 0.15) is 33.6 Å². The van der Waals surface area contributed by atoms with Gasteiger partial charge in [0.2, 0.25) is 0 Å². The molecule has 130 valence electrons. The number of carbonyl (C=O) groups excluding carboxylic acids is 2. The molecular formula is C17H28O5Si. The highest BCUT2D eigenvalue weighted by atomic mass is 28.4. The van der Waals surface area contributed by atoms with E-state index in [1.54, 1.807) is 0 Å². The first-order chi connectivity index (χ1) is 10.6. The molecule has 1 aliphatic carbocycles. The first-order valence-electron chi connectivity index (χ1n) is 8.19. The molecule has 0 unspecified atom stereocenters. The van der Waals surface area contributed by atoms with Crippen molar-refractivity contribution >= 4 is 20.6 Å². The molecule has 0 aromatic heterocycles. The van der Waals surface area contributed by atoms with Crippen molar-refractivity contribution in [2.75, 3.05) is 7.11 Å². The number of aldehydes is 1. The Bertz CT molecular complexity index is 506. The first kappa shape index (κ1) is 18.2. The second-order valence-corrected chi connectivity index (χ2v) is 12.8. The summed E-state index contributed by atoms with van der Waals surface area (Å²) in [6.45, 7) is 10.8. The van der Waals surface area contributed by atoms with Crippen LogP contribution in [0.2, 0.25) is 18.1 Å². The van der Waals surface area contributed by atoms with Gasteiger partial charge in [0.05, 0.1) is 18.9 Å². The third-order valence-electron chi connectivity index (χ3n) is 5.63. The van der Waals surface area contributed by atoms with Gasteiger partial charge in [0.25, 0.3) is 0 Å². The summed E-state index contributed by atoms with van der Waals surface area (Å²) in [7, 11) is -0.675. The van der Waals surface area contributed by atoms with Gasteiger partial charge in [0, 0.05) is 17.8 Å². The van der Waals surface area contributed by atoms with E-state index in [2.05, 4.69) is 33.9 Å². The molecule has 2 aliphatic rings. The van der Waals surface area contributed by atoms with Gasteiger partial charge in [-0.25, -0.2) is 4.79 Å². The van der Waals surface area contributed by atoms with Crippen LogP contribution >= 0.6 is 0 Å². The number of ether oxygens (including phenoxy) is 2. The predicted octanol–water partition coefficient (Wildman–Crippen LogP) is 3.26. The Hall–Kier alpha value is -1.14. The number of esters is 1. The van der Waals surface area contributed by atoms with Crippen LogP contribution in [-0.4, -0.2) is 34.0 Å². The van der Waals surface area contributed by atoms with Gasteiger partial charge in [-0.2, -0.15) is 0 Å². The molecule has 6 heteroatoms. The fourth-order valence-corrected chi connectivity index (χ4v) is 4.32. The average Bonchev–Trinajstić information content (AvgIpc) is 2.89. The quantitative estimate of drug-likeness (QED) is 0.446. The largest absolute Gasteiger partial charge is 0.473 e. The van der Waals surface area contributed by atoms with E-state index in [0.717, 1.165) is 19.1 Å². The molecule has 0 radical (unpaired) electrons. The highest BCUT2D eigenvalue weighted by Gasteiger charge is 2.51. The Balaban J connectivity index is 2.29. The van der Waals surface area contributed by atoms with Crippen molar-refractivity contribution in [1.82, 2.24) is 0 Å². The van der Waals surface area contributed by atoms with Crippen LogP contribution in [0.25, 0.3) is 0 Å². The standard InChI is InChI=1S/C17H28O5Si/c1-17(2,3)23(5,6)22-16-14-11(9-18)7-8-12(14)13(10-21-16)15(19)20-4/h9-12,14,16H,7-8H2,1-6H3/t11-,12-,14-,16+/m1/s1. The molecule has 0 aromatic carbocycles. The van der Waals surface area contributed by atoms with Gasteiger partial charge in [-0.05, 0) is 31.0 Å². The topological polar surface area (TPSA) is 61.8 Å². The maximum atomic E-state index is 12.0. The average molecular weight is 340 g/mol. The summed E-state index contributed by atoms with van der Waals surface area (Å²) in [5.74, 6) is -0.651.